The van der Waals surface area contributed by atoms with Crippen molar-refractivity contribution in [2.45, 2.75) is 6.92 Å². The predicted octanol–water partition coefficient (Wildman–Crippen LogP) is 1.67. The van der Waals surface area contributed by atoms with Gasteiger partial charge in [-0.3, -0.25) is 10.1 Å². The fraction of sp³-hybridized carbons (Fsp3) is 0.182. The Balaban J connectivity index is 2.96. The Morgan fingerprint density at radius 1 is 1.56 bits per heavy atom. The topological polar surface area (TPSA) is 107 Å². The maximum Gasteiger partial charge on any atom is 0.332 e. The van der Waals surface area contributed by atoms with Gasteiger partial charge >= 0.3 is 5.97 Å². The Morgan fingerprint density at radius 2 is 2.22 bits per heavy atom. The number of non-ortho nitro benzene ring substituents is 1. The molecule has 1 aromatic rings. The van der Waals surface area contributed by atoms with E-state index in [9.17, 15) is 14.9 Å². The van der Waals surface area contributed by atoms with Crippen LogP contribution in [0.5, 0.6) is 0 Å². The second kappa shape index (κ2) is 5.67. The number of nitrogen functional groups attached to an aromatic ring is 1. The van der Waals surface area contributed by atoms with Crippen LogP contribution >= 0.6 is 0 Å². The lowest BCUT2D eigenvalue weighted by Crippen LogP contribution is -2.04. The third-order valence-corrected chi connectivity index (χ3v) is 2.12. The predicted molar refractivity (Wildman–Crippen MR) is 66.9 cm³/mol. The molecule has 0 aliphatic heterocycles. The van der Waals surface area contributed by atoms with Crippen molar-refractivity contribution in [2.24, 2.45) is 0 Å². The van der Waals surface area contributed by atoms with E-state index < -0.39 is 10.9 Å². The van der Waals surface area contributed by atoms with Crippen molar-refractivity contribution >= 4 is 23.0 Å². The molecule has 0 atom stereocenters. The average molecular weight is 251 g/mol. The molecule has 0 aliphatic carbocycles. The fourth-order valence-electron chi connectivity index (χ4n) is 1.25. The number of nitrogens with two attached hydrogens (primary N) is 1. The summed E-state index contributed by atoms with van der Waals surface area (Å²) in [6, 6.07) is 4.02. The number of carbonyl (C=O) groups excluding carboxylic acids is 1. The monoisotopic (exact) mass is 251 g/mol. The molecule has 96 valence electrons. The molecule has 0 bridgehead atoms. The van der Waals surface area contributed by atoms with Gasteiger partial charge in [0.1, 0.15) is 0 Å². The Bertz CT molecular complexity index is 511. The van der Waals surface area contributed by atoms with Gasteiger partial charge in [-0.2, -0.15) is 0 Å². The maximum atomic E-state index is 11.0. The van der Waals surface area contributed by atoms with E-state index in [1.165, 1.54) is 31.4 Å². The maximum absolute atomic E-state index is 11.0. The number of hydrogen-bond donors (Lipinski definition) is 2. The van der Waals surface area contributed by atoms with Crippen LogP contribution in [0.4, 0.5) is 17.1 Å². The number of anilines is 2. The number of benzene rings is 1. The number of ether oxygens (including phenoxy) is 1. The molecule has 0 saturated carbocycles. The van der Waals surface area contributed by atoms with Crippen molar-refractivity contribution in [2.75, 3.05) is 18.2 Å². The highest BCUT2D eigenvalue weighted by Crippen LogP contribution is 2.25. The van der Waals surface area contributed by atoms with E-state index in [2.05, 4.69) is 10.1 Å². The molecule has 0 amide bonds. The molecule has 1 rings (SSSR count). The number of carbonyl (C=O) groups is 1. The first-order chi connectivity index (χ1) is 8.43. The van der Waals surface area contributed by atoms with Crippen molar-refractivity contribution in [1.29, 1.82) is 0 Å². The Hall–Kier alpha value is -2.57. The molecular formula is C11H13N3O4. The molecule has 0 unspecified atom stereocenters. The summed E-state index contributed by atoms with van der Waals surface area (Å²) in [7, 11) is 1.26. The lowest BCUT2D eigenvalue weighted by molar-refractivity contribution is -0.384. The van der Waals surface area contributed by atoms with Gasteiger partial charge in [0.25, 0.3) is 5.69 Å². The molecule has 0 aliphatic rings. The van der Waals surface area contributed by atoms with Gasteiger partial charge in [0.2, 0.25) is 0 Å². The van der Waals surface area contributed by atoms with Crippen molar-refractivity contribution in [3.8, 4) is 0 Å². The summed E-state index contributed by atoms with van der Waals surface area (Å²) in [4.78, 5) is 21.1. The first kappa shape index (κ1) is 13.5. The molecule has 18 heavy (non-hydrogen) atoms. The van der Waals surface area contributed by atoms with Crippen LogP contribution in [0.1, 0.15) is 6.92 Å². The minimum absolute atomic E-state index is 0.0856. The second-order valence-corrected chi connectivity index (χ2v) is 3.50. The molecule has 7 heteroatoms. The highest BCUT2D eigenvalue weighted by molar-refractivity contribution is 5.83. The van der Waals surface area contributed by atoms with Crippen molar-refractivity contribution in [3.63, 3.8) is 0 Å². The lowest BCUT2D eigenvalue weighted by atomic mass is 10.2. The second-order valence-electron chi connectivity index (χ2n) is 3.50. The summed E-state index contributed by atoms with van der Waals surface area (Å²) >= 11 is 0. The number of nitro groups is 1. The smallest absolute Gasteiger partial charge is 0.332 e. The Labute approximate surface area is 103 Å². The van der Waals surface area contributed by atoms with E-state index in [1.807, 2.05) is 0 Å². The van der Waals surface area contributed by atoms with E-state index in [-0.39, 0.29) is 5.69 Å². The molecule has 0 fully saturated rings. The van der Waals surface area contributed by atoms with E-state index >= 15 is 0 Å². The summed E-state index contributed by atoms with van der Waals surface area (Å²) in [6.45, 7) is 1.62. The number of nitrogens with one attached hydrogen (secondary N) is 1. The SMILES string of the molecule is COC(=O)/C=C(/C)Nc1cc([N+](=O)[O-])ccc1N. The van der Waals surface area contributed by atoms with E-state index in [0.29, 0.717) is 17.1 Å². The number of allylic oxidation sites excluding steroid dienone is 1. The van der Waals surface area contributed by atoms with E-state index in [4.69, 9.17) is 5.73 Å². The minimum Gasteiger partial charge on any atom is -0.466 e. The zero-order valence-electron chi connectivity index (χ0n) is 9.97. The minimum atomic E-state index is -0.524. The van der Waals surface area contributed by atoms with Crippen molar-refractivity contribution in [3.05, 3.63) is 40.1 Å². The number of rotatable bonds is 4. The van der Waals surface area contributed by atoms with Crippen LogP contribution < -0.4 is 11.1 Å². The van der Waals surface area contributed by atoms with Crippen LogP contribution in [0.25, 0.3) is 0 Å². The highest BCUT2D eigenvalue weighted by Gasteiger charge is 2.09. The zero-order chi connectivity index (χ0) is 13.7. The van der Waals surface area contributed by atoms with E-state index in [0.717, 1.165) is 0 Å². The van der Waals surface area contributed by atoms with Crippen LogP contribution in [0.15, 0.2) is 30.0 Å². The van der Waals surface area contributed by atoms with Gasteiger partial charge in [0.05, 0.1) is 23.4 Å². The van der Waals surface area contributed by atoms with Gasteiger partial charge in [0, 0.05) is 23.9 Å². The standard InChI is InChI=1S/C11H13N3O4/c1-7(5-11(15)18-2)13-10-6-8(14(16)17)3-4-9(10)12/h3-6,13H,12H2,1-2H3/b7-5-. The summed E-state index contributed by atoms with van der Waals surface area (Å²) < 4.78 is 4.46. The van der Waals surface area contributed by atoms with Crippen LogP contribution in [0, 0.1) is 10.1 Å². The Kier molecular flexibility index (Phi) is 4.25. The van der Waals surface area contributed by atoms with Crippen molar-refractivity contribution < 1.29 is 14.5 Å². The summed E-state index contributed by atoms with van der Waals surface area (Å²) in [5, 5.41) is 13.4. The third kappa shape index (κ3) is 3.48. The molecule has 1 aromatic carbocycles. The fourth-order valence-corrected chi connectivity index (χ4v) is 1.25. The number of esters is 1. The number of nitro benzene ring substituents is 1. The first-order valence-electron chi connectivity index (χ1n) is 5.01. The summed E-state index contributed by atoms with van der Waals surface area (Å²) in [5.41, 5.74) is 6.76. The largest absolute Gasteiger partial charge is 0.466 e. The Morgan fingerprint density at radius 3 is 2.78 bits per heavy atom. The molecule has 0 saturated heterocycles. The third-order valence-electron chi connectivity index (χ3n) is 2.12. The number of nitrogens with zero attached hydrogens (tertiary/aromatic N) is 1. The van der Waals surface area contributed by atoms with Gasteiger partial charge < -0.3 is 15.8 Å². The molecule has 7 nitrogen and oxygen atoms in total. The summed E-state index contributed by atoms with van der Waals surface area (Å²) in [6.07, 6.45) is 1.22. The van der Waals surface area contributed by atoms with E-state index in [1.54, 1.807) is 6.92 Å². The molecule has 0 radical (unpaired) electrons. The average Bonchev–Trinajstić information content (AvgIpc) is 2.31. The van der Waals surface area contributed by atoms with Crippen LogP contribution in [-0.2, 0) is 9.53 Å². The zero-order valence-corrected chi connectivity index (χ0v) is 9.97. The van der Waals surface area contributed by atoms with Gasteiger partial charge in [-0.15, -0.1) is 0 Å². The molecule has 3 N–H and O–H groups in total. The molecule has 0 aromatic heterocycles. The first-order valence-corrected chi connectivity index (χ1v) is 5.01. The lowest BCUT2D eigenvalue weighted by Gasteiger charge is -2.09. The van der Waals surface area contributed by atoms with Crippen LogP contribution in [0.3, 0.4) is 0 Å². The van der Waals surface area contributed by atoms with Crippen molar-refractivity contribution in [1.82, 2.24) is 0 Å². The molecular weight excluding hydrogens is 238 g/mol. The summed E-state index contributed by atoms with van der Waals surface area (Å²) in [5.74, 6) is -0.524. The van der Waals surface area contributed by atoms with Gasteiger partial charge in [-0.25, -0.2) is 4.79 Å². The molecule has 0 spiro atoms. The highest BCUT2D eigenvalue weighted by atomic mass is 16.6. The molecule has 0 heterocycles. The number of hydrogen-bond acceptors (Lipinski definition) is 6. The number of methoxy groups -OCH3 is 1. The van der Waals surface area contributed by atoms with Crippen LogP contribution in [0.2, 0.25) is 0 Å². The van der Waals surface area contributed by atoms with Gasteiger partial charge in [-0.1, -0.05) is 0 Å². The quantitative estimate of drug-likeness (QED) is 0.277. The van der Waals surface area contributed by atoms with Gasteiger partial charge in [-0.05, 0) is 13.0 Å². The van der Waals surface area contributed by atoms with Gasteiger partial charge in [0.15, 0.2) is 0 Å². The van der Waals surface area contributed by atoms with Crippen LogP contribution in [-0.4, -0.2) is 18.0 Å². The normalized spacial score (nSPS) is 10.9.